The summed E-state index contributed by atoms with van der Waals surface area (Å²) >= 11 is 0. The molecule has 0 bridgehead atoms. The molecule has 3 rings (SSSR count). The molecule has 3 nitrogen and oxygen atoms in total. The molecule has 1 aliphatic carbocycles. The van der Waals surface area contributed by atoms with Crippen LogP contribution < -0.4 is 5.43 Å². The van der Waals surface area contributed by atoms with Gasteiger partial charge in [0.2, 0.25) is 0 Å². The van der Waals surface area contributed by atoms with Crippen molar-refractivity contribution in [2.24, 2.45) is 0 Å². The summed E-state index contributed by atoms with van der Waals surface area (Å²) < 4.78 is 0. The minimum absolute atomic E-state index is 0.212. The molecule has 18 heavy (non-hydrogen) atoms. The summed E-state index contributed by atoms with van der Waals surface area (Å²) in [5, 5.41) is 0. The molecule has 0 unspecified atom stereocenters. The molecule has 0 heterocycles. The molecule has 0 fully saturated rings. The first-order chi connectivity index (χ1) is 8.68. The average Bonchev–Trinajstić information content (AvgIpc) is 2.59. The Hall–Kier alpha value is -2.55. The minimum Gasteiger partial charge on any atom is -0.290 e. The lowest BCUT2D eigenvalue weighted by atomic mass is 9.85. The third-order valence-corrected chi connectivity index (χ3v) is 3.02. The fourth-order valence-electron chi connectivity index (χ4n) is 2.13. The molecule has 0 radical (unpaired) electrons. The van der Waals surface area contributed by atoms with E-state index in [1.807, 2.05) is 0 Å². The number of ketones is 2. The van der Waals surface area contributed by atoms with Gasteiger partial charge >= 0.3 is 0 Å². The van der Waals surface area contributed by atoms with Gasteiger partial charge in [-0.3, -0.25) is 14.4 Å². The van der Waals surface area contributed by atoms with Gasteiger partial charge in [-0.05, 0) is 24.3 Å². The number of benzene rings is 1. The lowest BCUT2D eigenvalue weighted by Gasteiger charge is -2.15. The van der Waals surface area contributed by atoms with Crippen LogP contribution in [0.1, 0.15) is 31.8 Å². The van der Waals surface area contributed by atoms with E-state index in [9.17, 15) is 14.4 Å². The largest absolute Gasteiger partial charge is 0.290 e. The van der Waals surface area contributed by atoms with Crippen molar-refractivity contribution in [3.05, 3.63) is 81.0 Å². The molecule has 0 aliphatic heterocycles. The van der Waals surface area contributed by atoms with Crippen LogP contribution in [0.5, 0.6) is 0 Å². The molecule has 0 atom stereocenters. The molecule has 3 heteroatoms. The van der Waals surface area contributed by atoms with Crippen molar-refractivity contribution in [1.29, 1.82) is 0 Å². The SMILES string of the molecule is O=C1c2ccccc2C(=O)c2ccc(=O)ccc21. The van der Waals surface area contributed by atoms with Crippen molar-refractivity contribution in [3.8, 4) is 0 Å². The number of hydrogen-bond acceptors (Lipinski definition) is 3. The van der Waals surface area contributed by atoms with Gasteiger partial charge in [0.1, 0.15) is 0 Å². The monoisotopic (exact) mass is 236 g/mol. The minimum atomic E-state index is -0.228. The smallest absolute Gasteiger partial charge is 0.194 e. The molecule has 86 valence electrons. The summed E-state index contributed by atoms with van der Waals surface area (Å²) in [7, 11) is 0. The summed E-state index contributed by atoms with van der Waals surface area (Å²) in [6.45, 7) is 0. The van der Waals surface area contributed by atoms with Crippen LogP contribution in [-0.2, 0) is 0 Å². The van der Waals surface area contributed by atoms with E-state index in [2.05, 4.69) is 0 Å². The molecule has 1 aliphatic rings. The third-order valence-electron chi connectivity index (χ3n) is 3.02. The number of carbonyl (C=O) groups excluding carboxylic acids is 2. The summed E-state index contributed by atoms with van der Waals surface area (Å²) in [5.41, 5.74) is 1.15. The molecular formula is C15H8O3. The van der Waals surface area contributed by atoms with E-state index in [-0.39, 0.29) is 17.0 Å². The van der Waals surface area contributed by atoms with Gasteiger partial charge in [0.25, 0.3) is 0 Å². The zero-order valence-corrected chi connectivity index (χ0v) is 9.34. The molecule has 0 N–H and O–H groups in total. The second-order valence-electron chi connectivity index (χ2n) is 4.10. The summed E-state index contributed by atoms with van der Waals surface area (Å²) in [5.74, 6) is -0.424. The number of carbonyl (C=O) groups is 2. The summed E-state index contributed by atoms with van der Waals surface area (Å²) in [6.07, 6.45) is 0. The summed E-state index contributed by atoms with van der Waals surface area (Å²) in [4.78, 5) is 35.8. The van der Waals surface area contributed by atoms with Crippen molar-refractivity contribution in [3.63, 3.8) is 0 Å². The Bertz CT molecular complexity index is 684. The Morgan fingerprint density at radius 3 is 1.33 bits per heavy atom. The first-order valence-electron chi connectivity index (χ1n) is 5.51. The standard InChI is InChI=1S/C15H8O3/c16-9-5-7-12-13(8-6-9)15(18)11-4-2-1-3-10(11)14(12)17/h1-8H. The maximum atomic E-state index is 12.2. The van der Waals surface area contributed by atoms with Crippen LogP contribution in [0.3, 0.4) is 0 Å². The van der Waals surface area contributed by atoms with Gasteiger partial charge in [0.15, 0.2) is 17.0 Å². The van der Waals surface area contributed by atoms with Crippen LogP contribution in [0.15, 0.2) is 53.3 Å². The topological polar surface area (TPSA) is 51.2 Å². The molecule has 2 aromatic carbocycles. The second kappa shape index (κ2) is 3.74. The molecule has 0 aromatic heterocycles. The highest BCUT2D eigenvalue weighted by atomic mass is 16.1. The Kier molecular flexibility index (Phi) is 2.20. The quantitative estimate of drug-likeness (QED) is 0.598. The summed E-state index contributed by atoms with van der Waals surface area (Å²) in [6, 6.07) is 12.2. The fraction of sp³-hybridized carbons (Fsp3) is 0. The Balaban J connectivity index is 2.38. The van der Waals surface area contributed by atoms with E-state index < -0.39 is 0 Å². The Morgan fingerprint density at radius 2 is 0.889 bits per heavy atom. The van der Waals surface area contributed by atoms with E-state index in [1.165, 1.54) is 24.3 Å². The molecule has 0 saturated carbocycles. The van der Waals surface area contributed by atoms with Crippen LogP contribution in [0.25, 0.3) is 0 Å². The third kappa shape index (κ3) is 1.41. The van der Waals surface area contributed by atoms with Crippen molar-refractivity contribution in [2.75, 3.05) is 0 Å². The second-order valence-corrected chi connectivity index (χ2v) is 4.10. The van der Waals surface area contributed by atoms with Crippen molar-refractivity contribution >= 4 is 11.6 Å². The van der Waals surface area contributed by atoms with Crippen LogP contribution in [0.2, 0.25) is 0 Å². The number of rotatable bonds is 0. The van der Waals surface area contributed by atoms with Gasteiger partial charge in [0, 0.05) is 22.3 Å². The lowest BCUT2D eigenvalue weighted by Crippen LogP contribution is -2.19. The first kappa shape index (κ1) is 10.6. The molecule has 2 aromatic rings. The van der Waals surface area contributed by atoms with Gasteiger partial charge in [-0.15, -0.1) is 0 Å². The Labute approximate surface area is 103 Å². The van der Waals surface area contributed by atoms with Gasteiger partial charge < -0.3 is 0 Å². The van der Waals surface area contributed by atoms with E-state index in [0.29, 0.717) is 22.3 Å². The van der Waals surface area contributed by atoms with Crippen molar-refractivity contribution in [1.82, 2.24) is 0 Å². The Morgan fingerprint density at radius 1 is 0.500 bits per heavy atom. The van der Waals surface area contributed by atoms with Crippen molar-refractivity contribution < 1.29 is 9.59 Å². The molecular weight excluding hydrogens is 228 g/mol. The van der Waals surface area contributed by atoms with Gasteiger partial charge in [0.05, 0.1) is 0 Å². The van der Waals surface area contributed by atoms with Gasteiger partial charge in [-0.2, -0.15) is 0 Å². The van der Waals surface area contributed by atoms with Crippen LogP contribution in [0, 0.1) is 0 Å². The zero-order chi connectivity index (χ0) is 12.7. The van der Waals surface area contributed by atoms with Crippen LogP contribution >= 0.6 is 0 Å². The first-order valence-corrected chi connectivity index (χ1v) is 5.51. The number of hydrogen-bond donors (Lipinski definition) is 0. The van der Waals surface area contributed by atoms with E-state index in [0.717, 1.165) is 0 Å². The van der Waals surface area contributed by atoms with E-state index in [1.54, 1.807) is 24.3 Å². The molecule has 0 spiro atoms. The van der Waals surface area contributed by atoms with Gasteiger partial charge in [-0.25, -0.2) is 0 Å². The normalized spacial score (nSPS) is 12.9. The molecule has 0 amide bonds. The highest BCUT2D eigenvalue weighted by Crippen LogP contribution is 2.25. The van der Waals surface area contributed by atoms with Crippen LogP contribution in [0.4, 0.5) is 0 Å². The highest BCUT2D eigenvalue weighted by Gasteiger charge is 2.28. The average molecular weight is 236 g/mol. The van der Waals surface area contributed by atoms with Gasteiger partial charge in [-0.1, -0.05) is 24.3 Å². The zero-order valence-electron chi connectivity index (χ0n) is 9.34. The fourth-order valence-corrected chi connectivity index (χ4v) is 2.13. The van der Waals surface area contributed by atoms with Crippen LogP contribution in [-0.4, -0.2) is 11.6 Å². The van der Waals surface area contributed by atoms with E-state index >= 15 is 0 Å². The maximum absolute atomic E-state index is 12.2. The van der Waals surface area contributed by atoms with E-state index in [4.69, 9.17) is 0 Å². The number of fused-ring (bicyclic) bond motifs is 2. The van der Waals surface area contributed by atoms with Crippen molar-refractivity contribution in [2.45, 2.75) is 0 Å². The highest BCUT2D eigenvalue weighted by molar-refractivity contribution is 6.28. The predicted octanol–water partition coefficient (Wildman–Crippen LogP) is 1.82. The lowest BCUT2D eigenvalue weighted by molar-refractivity contribution is 0.0979. The maximum Gasteiger partial charge on any atom is 0.194 e. The molecule has 0 saturated heterocycles. The predicted molar refractivity (Wildman–Crippen MR) is 66.0 cm³/mol.